The summed E-state index contributed by atoms with van der Waals surface area (Å²) < 4.78 is 16.8. The highest BCUT2D eigenvalue weighted by atomic mass is 16.6. The fourth-order valence-electron chi connectivity index (χ4n) is 2.33. The Morgan fingerprint density at radius 2 is 1.96 bits per heavy atom. The molecular weight excluding hydrogens is 306 g/mol. The Morgan fingerprint density at radius 1 is 1.21 bits per heavy atom. The van der Waals surface area contributed by atoms with Gasteiger partial charge in [0, 0.05) is 5.56 Å². The Bertz CT molecular complexity index is 712. The molecule has 124 valence electrons. The molecule has 0 radical (unpaired) electrons. The van der Waals surface area contributed by atoms with Crippen molar-refractivity contribution in [3.63, 3.8) is 0 Å². The molecular formula is C19H19NO4. The van der Waals surface area contributed by atoms with E-state index in [0.717, 1.165) is 5.75 Å². The maximum Gasteiger partial charge on any atom is 0.251 e. The second kappa shape index (κ2) is 7.55. The molecule has 2 aromatic rings. The van der Waals surface area contributed by atoms with E-state index in [2.05, 4.69) is 11.9 Å². The molecule has 1 aliphatic rings. The molecule has 1 unspecified atom stereocenters. The van der Waals surface area contributed by atoms with Crippen molar-refractivity contribution in [2.45, 2.75) is 6.10 Å². The van der Waals surface area contributed by atoms with Gasteiger partial charge in [-0.3, -0.25) is 4.79 Å². The summed E-state index contributed by atoms with van der Waals surface area (Å²) in [7, 11) is 0. The molecule has 0 aliphatic carbocycles. The fraction of sp³-hybridized carbons (Fsp3) is 0.211. The molecule has 5 nitrogen and oxygen atoms in total. The summed E-state index contributed by atoms with van der Waals surface area (Å²) in [6.07, 6.45) is 1.46. The zero-order valence-corrected chi connectivity index (χ0v) is 13.2. The molecule has 1 amide bonds. The molecule has 5 heteroatoms. The topological polar surface area (TPSA) is 56.8 Å². The van der Waals surface area contributed by atoms with Gasteiger partial charge in [-0.05, 0) is 36.4 Å². The Kier molecular flexibility index (Phi) is 5.01. The first-order valence-corrected chi connectivity index (χ1v) is 7.76. The van der Waals surface area contributed by atoms with Crippen LogP contribution in [0.4, 0.5) is 0 Å². The van der Waals surface area contributed by atoms with Crippen LogP contribution in [0.5, 0.6) is 17.2 Å². The van der Waals surface area contributed by atoms with Gasteiger partial charge in [-0.2, -0.15) is 0 Å². The molecule has 1 atom stereocenters. The maximum atomic E-state index is 12.2. The lowest BCUT2D eigenvalue weighted by Crippen LogP contribution is -2.40. The van der Waals surface area contributed by atoms with Gasteiger partial charge < -0.3 is 19.5 Å². The molecule has 0 saturated heterocycles. The average Bonchev–Trinajstić information content (AvgIpc) is 2.64. The molecule has 0 bridgehead atoms. The Labute approximate surface area is 140 Å². The predicted molar refractivity (Wildman–Crippen MR) is 90.8 cm³/mol. The van der Waals surface area contributed by atoms with Crippen molar-refractivity contribution in [2.24, 2.45) is 0 Å². The van der Waals surface area contributed by atoms with Crippen LogP contribution >= 0.6 is 0 Å². The molecule has 0 saturated carbocycles. The van der Waals surface area contributed by atoms with Gasteiger partial charge >= 0.3 is 0 Å². The van der Waals surface area contributed by atoms with Crippen LogP contribution < -0.4 is 19.5 Å². The van der Waals surface area contributed by atoms with Crippen LogP contribution in [-0.2, 0) is 0 Å². The summed E-state index contributed by atoms with van der Waals surface area (Å²) >= 11 is 0. The summed E-state index contributed by atoms with van der Waals surface area (Å²) in [5.41, 5.74) is 0.568. The van der Waals surface area contributed by atoms with Crippen molar-refractivity contribution in [1.29, 1.82) is 0 Å². The van der Waals surface area contributed by atoms with E-state index in [1.54, 1.807) is 30.3 Å². The van der Waals surface area contributed by atoms with Crippen LogP contribution in [-0.4, -0.2) is 31.8 Å². The Morgan fingerprint density at radius 3 is 2.71 bits per heavy atom. The number of rotatable bonds is 6. The molecule has 1 aliphatic heterocycles. The summed E-state index contributed by atoms with van der Waals surface area (Å²) in [6, 6.07) is 14.5. The van der Waals surface area contributed by atoms with Crippen molar-refractivity contribution in [2.75, 3.05) is 19.8 Å². The van der Waals surface area contributed by atoms with E-state index in [-0.39, 0.29) is 12.0 Å². The molecule has 0 aromatic heterocycles. The second-order valence-electron chi connectivity index (χ2n) is 5.33. The van der Waals surface area contributed by atoms with E-state index in [1.807, 2.05) is 24.3 Å². The van der Waals surface area contributed by atoms with E-state index in [4.69, 9.17) is 14.2 Å². The fourth-order valence-corrected chi connectivity index (χ4v) is 2.33. The zero-order valence-electron chi connectivity index (χ0n) is 13.2. The minimum atomic E-state index is -0.209. The van der Waals surface area contributed by atoms with E-state index >= 15 is 0 Å². The van der Waals surface area contributed by atoms with Crippen LogP contribution in [0.25, 0.3) is 0 Å². The van der Waals surface area contributed by atoms with Crippen molar-refractivity contribution < 1.29 is 19.0 Å². The third-order valence-electron chi connectivity index (χ3n) is 3.54. The second-order valence-corrected chi connectivity index (χ2v) is 5.33. The van der Waals surface area contributed by atoms with E-state index < -0.39 is 0 Å². The van der Waals surface area contributed by atoms with Crippen molar-refractivity contribution in [3.05, 3.63) is 66.7 Å². The average molecular weight is 325 g/mol. The van der Waals surface area contributed by atoms with Gasteiger partial charge in [-0.15, -0.1) is 0 Å². The predicted octanol–water partition coefficient (Wildman–Crippen LogP) is 2.82. The largest absolute Gasteiger partial charge is 0.490 e. The quantitative estimate of drug-likeness (QED) is 0.830. The van der Waals surface area contributed by atoms with Crippen LogP contribution in [0.1, 0.15) is 10.4 Å². The summed E-state index contributed by atoms with van der Waals surface area (Å²) in [4.78, 5) is 12.2. The van der Waals surface area contributed by atoms with E-state index in [0.29, 0.717) is 36.8 Å². The van der Waals surface area contributed by atoms with Gasteiger partial charge in [0.05, 0.1) is 6.54 Å². The molecule has 1 heterocycles. The number of hydrogen-bond donors (Lipinski definition) is 1. The molecule has 0 fully saturated rings. The van der Waals surface area contributed by atoms with Gasteiger partial charge in [0.1, 0.15) is 25.1 Å². The van der Waals surface area contributed by atoms with Crippen LogP contribution in [0.15, 0.2) is 61.2 Å². The van der Waals surface area contributed by atoms with Crippen molar-refractivity contribution >= 4 is 5.91 Å². The van der Waals surface area contributed by atoms with Gasteiger partial charge in [0.15, 0.2) is 11.5 Å². The van der Waals surface area contributed by atoms with Gasteiger partial charge in [0.25, 0.3) is 5.91 Å². The molecule has 1 N–H and O–H groups in total. The lowest BCUT2D eigenvalue weighted by Gasteiger charge is -2.26. The first-order valence-electron chi connectivity index (χ1n) is 7.76. The minimum absolute atomic E-state index is 0.160. The number of carbonyl (C=O) groups is 1. The number of carbonyl (C=O) groups excluding carboxylic acids is 1. The highest BCUT2D eigenvalue weighted by Gasteiger charge is 2.21. The number of nitrogens with one attached hydrogen (secondary N) is 1. The van der Waals surface area contributed by atoms with Crippen LogP contribution in [0, 0.1) is 0 Å². The lowest BCUT2D eigenvalue weighted by atomic mass is 10.2. The third kappa shape index (κ3) is 3.87. The van der Waals surface area contributed by atoms with E-state index in [1.165, 1.54) is 0 Å². The molecule has 2 aromatic carbocycles. The van der Waals surface area contributed by atoms with Crippen LogP contribution in [0.3, 0.4) is 0 Å². The molecule has 24 heavy (non-hydrogen) atoms. The SMILES string of the molecule is C=CCOc1ccc(C(=O)NCC2COc3ccccc3O2)cc1. The van der Waals surface area contributed by atoms with Crippen molar-refractivity contribution in [3.8, 4) is 17.2 Å². The number of amides is 1. The van der Waals surface area contributed by atoms with Gasteiger partial charge in [-0.1, -0.05) is 24.8 Å². The number of fused-ring (bicyclic) bond motifs is 1. The number of ether oxygens (including phenoxy) is 3. The first kappa shape index (κ1) is 15.9. The van der Waals surface area contributed by atoms with Crippen LogP contribution in [0.2, 0.25) is 0 Å². The number of benzene rings is 2. The van der Waals surface area contributed by atoms with Gasteiger partial charge in [-0.25, -0.2) is 0 Å². The molecule has 0 spiro atoms. The summed E-state index contributed by atoms with van der Waals surface area (Å²) in [5.74, 6) is 1.97. The zero-order chi connectivity index (χ0) is 16.8. The standard InChI is InChI=1S/C19H19NO4/c1-2-11-22-15-9-7-14(8-10-15)19(21)20-12-16-13-23-17-5-3-4-6-18(17)24-16/h2-10,16H,1,11-13H2,(H,20,21). The molecule has 3 rings (SSSR count). The monoisotopic (exact) mass is 325 g/mol. The maximum absolute atomic E-state index is 12.2. The first-order chi connectivity index (χ1) is 11.8. The minimum Gasteiger partial charge on any atom is -0.490 e. The lowest BCUT2D eigenvalue weighted by molar-refractivity contribution is 0.0789. The number of hydrogen-bond acceptors (Lipinski definition) is 4. The highest BCUT2D eigenvalue weighted by molar-refractivity contribution is 5.94. The third-order valence-corrected chi connectivity index (χ3v) is 3.54. The van der Waals surface area contributed by atoms with Gasteiger partial charge in [0.2, 0.25) is 0 Å². The number of para-hydroxylation sites is 2. The Hall–Kier alpha value is -2.95. The normalized spacial score (nSPS) is 15.4. The smallest absolute Gasteiger partial charge is 0.251 e. The summed E-state index contributed by atoms with van der Waals surface area (Å²) in [5, 5.41) is 2.86. The summed E-state index contributed by atoms with van der Waals surface area (Å²) in [6.45, 7) is 4.81. The Balaban J connectivity index is 1.51. The highest BCUT2D eigenvalue weighted by Crippen LogP contribution is 2.30. The van der Waals surface area contributed by atoms with E-state index in [9.17, 15) is 4.79 Å². The van der Waals surface area contributed by atoms with Crippen molar-refractivity contribution in [1.82, 2.24) is 5.32 Å².